The van der Waals surface area contributed by atoms with Crippen molar-refractivity contribution in [2.45, 2.75) is 27.2 Å². The summed E-state index contributed by atoms with van der Waals surface area (Å²) in [5.41, 5.74) is 10.1. The zero-order chi connectivity index (χ0) is 13.1. The van der Waals surface area contributed by atoms with Crippen molar-refractivity contribution >= 4 is 5.82 Å². The molecular weight excluding hydrogens is 222 g/mol. The van der Waals surface area contributed by atoms with Crippen LogP contribution >= 0.6 is 0 Å². The van der Waals surface area contributed by atoms with Gasteiger partial charge in [-0.05, 0) is 30.9 Å². The second-order valence-corrected chi connectivity index (χ2v) is 5.03. The van der Waals surface area contributed by atoms with Crippen molar-refractivity contribution in [3.63, 3.8) is 0 Å². The lowest BCUT2D eigenvalue weighted by atomic mass is 9.99. The lowest BCUT2D eigenvalue weighted by molar-refractivity contribution is 0.647. The van der Waals surface area contributed by atoms with Gasteiger partial charge >= 0.3 is 0 Å². The fraction of sp³-hybridized carbons (Fsp3) is 0.333. The van der Waals surface area contributed by atoms with Crippen LogP contribution in [0, 0.1) is 12.8 Å². The lowest BCUT2D eigenvalue weighted by Gasteiger charge is -2.09. The van der Waals surface area contributed by atoms with Crippen LogP contribution in [0.3, 0.4) is 0 Å². The Kier molecular flexibility index (Phi) is 3.60. The number of nitrogen functional groups attached to an aromatic ring is 1. The lowest BCUT2D eigenvalue weighted by Crippen LogP contribution is -1.99. The number of aromatic nitrogens is 2. The van der Waals surface area contributed by atoms with E-state index >= 15 is 0 Å². The van der Waals surface area contributed by atoms with E-state index in [1.165, 1.54) is 11.9 Å². The molecule has 0 fully saturated rings. The number of benzene rings is 1. The van der Waals surface area contributed by atoms with Gasteiger partial charge in [-0.25, -0.2) is 9.97 Å². The van der Waals surface area contributed by atoms with E-state index in [0.29, 0.717) is 11.7 Å². The fourth-order valence-corrected chi connectivity index (χ4v) is 2.07. The van der Waals surface area contributed by atoms with E-state index in [1.54, 1.807) is 0 Å². The van der Waals surface area contributed by atoms with E-state index in [4.69, 9.17) is 5.73 Å². The van der Waals surface area contributed by atoms with Gasteiger partial charge in [0.25, 0.3) is 0 Å². The number of hydrogen-bond donors (Lipinski definition) is 1. The molecule has 2 aromatic rings. The molecule has 3 nitrogen and oxygen atoms in total. The Morgan fingerprint density at radius 3 is 2.72 bits per heavy atom. The highest BCUT2D eigenvalue weighted by atomic mass is 14.9. The largest absolute Gasteiger partial charge is 0.383 e. The number of nitrogens with two attached hydrogens (primary N) is 1. The van der Waals surface area contributed by atoms with Crippen LogP contribution in [0.5, 0.6) is 0 Å². The molecule has 2 rings (SSSR count). The second kappa shape index (κ2) is 5.17. The summed E-state index contributed by atoms with van der Waals surface area (Å²) < 4.78 is 0. The predicted molar refractivity (Wildman–Crippen MR) is 75.2 cm³/mol. The molecule has 0 aliphatic carbocycles. The first-order valence-electron chi connectivity index (χ1n) is 6.24. The minimum atomic E-state index is 0.550. The van der Waals surface area contributed by atoms with Gasteiger partial charge in [-0.2, -0.15) is 0 Å². The van der Waals surface area contributed by atoms with Crippen molar-refractivity contribution in [3.05, 3.63) is 41.7 Å². The van der Waals surface area contributed by atoms with Gasteiger partial charge in [0.15, 0.2) is 0 Å². The fourth-order valence-electron chi connectivity index (χ4n) is 2.07. The SMILES string of the molecule is Cc1c(N)ncnc1-c1cccc(CC(C)C)c1. The maximum absolute atomic E-state index is 5.83. The smallest absolute Gasteiger partial charge is 0.130 e. The molecule has 0 aliphatic heterocycles. The van der Waals surface area contributed by atoms with Crippen LogP contribution in [0.25, 0.3) is 11.3 Å². The standard InChI is InChI=1S/C15H19N3/c1-10(2)7-12-5-4-6-13(8-12)14-11(3)15(16)18-9-17-14/h4-6,8-10H,7H2,1-3H3,(H2,16,17,18). The zero-order valence-electron chi connectivity index (χ0n) is 11.1. The van der Waals surface area contributed by atoms with Crippen molar-refractivity contribution in [1.29, 1.82) is 0 Å². The average Bonchev–Trinajstić information content (AvgIpc) is 2.32. The van der Waals surface area contributed by atoms with Gasteiger partial charge in [-0.15, -0.1) is 0 Å². The summed E-state index contributed by atoms with van der Waals surface area (Å²) in [7, 11) is 0. The molecule has 1 heterocycles. The third-order valence-electron chi connectivity index (χ3n) is 2.97. The quantitative estimate of drug-likeness (QED) is 0.897. The molecule has 2 N–H and O–H groups in total. The molecule has 0 unspecified atom stereocenters. The first-order valence-corrected chi connectivity index (χ1v) is 6.24. The summed E-state index contributed by atoms with van der Waals surface area (Å²) in [6, 6.07) is 8.49. The Hall–Kier alpha value is -1.90. The molecule has 0 saturated heterocycles. The number of nitrogens with zero attached hydrogens (tertiary/aromatic N) is 2. The summed E-state index contributed by atoms with van der Waals surface area (Å²) in [6.07, 6.45) is 2.60. The second-order valence-electron chi connectivity index (χ2n) is 5.03. The van der Waals surface area contributed by atoms with Crippen LogP contribution in [0.4, 0.5) is 5.82 Å². The number of rotatable bonds is 3. The van der Waals surface area contributed by atoms with Gasteiger partial charge in [0.1, 0.15) is 12.1 Å². The molecule has 1 aromatic carbocycles. The first kappa shape index (κ1) is 12.6. The number of hydrogen-bond acceptors (Lipinski definition) is 3. The van der Waals surface area contributed by atoms with Crippen molar-refractivity contribution < 1.29 is 0 Å². The van der Waals surface area contributed by atoms with Crippen LogP contribution < -0.4 is 5.73 Å². The van der Waals surface area contributed by atoms with Gasteiger partial charge in [-0.3, -0.25) is 0 Å². The van der Waals surface area contributed by atoms with Gasteiger partial charge in [0.2, 0.25) is 0 Å². The van der Waals surface area contributed by atoms with Crippen molar-refractivity contribution in [2.75, 3.05) is 5.73 Å². The van der Waals surface area contributed by atoms with Crippen LogP contribution in [0.2, 0.25) is 0 Å². The van der Waals surface area contributed by atoms with Gasteiger partial charge in [-0.1, -0.05) is 32.0 Å². The van der Waals surface area contributed by atoms with Gasteiger partial charge < -0.3 is 5.73 Å². The highest BCUT2D eigenvalue weighted by Gasteiger charge is 2.07. The molecule has 0 spiro atoms. The average molecular weight is 241 g/mol. The summed E-state index contributed by atoms with van der Waals surface area (Å²) in [5.74, 6) is 1.20. The first-order chi connectivity index (χ1) is 8.58. The highest BCUT2D eigenvalue weighted by molar-refractivity contribution is 5.67. The molecule has 0 radical (unpaired) electrons. The van der Waals surface area contributed by atoms with Crippen LogP contribution in [-0.2, 0) is 6.42 Å². The summed E-state index contributed by atoms with van der Waals surface area (Å²) in [5, 5.41) is 0. The van der Waals surface area contributed by atoms with Crippen LogP contribution in [-0.4, -0.2) is 9.97 Å². The molecule has 0 atom stereocenters. The third-order valence-corrected chi connectivity index (χ3v) is 2.97. The third kappa shape index (κ3) is 2.67. The molecule has 1 aromatic heterocycles. The molecule has 0 saturated carbocycles. The monoisotopic (exact) mass is 241 g/mol. The topological polar surface area (TPSA) is 51.8 Å². The summed E-state index contributed by atoms with van der Waals surface area (Å²) in [6.45, 7) is 6.40. The van der Waals surface area contributed by atoms with Crippen molar-refractivity contribution in [2.24, 2.45) is 5.92 Å². The van der Waals surface area contributed by atoms with Crippen molar-refractivity contribution in [3.8, 4) is 11.3 Å². The van der Waals surface area contributed by atoms with Gasteiger partial charge in [0, 0.05) is 11.1 Å². The Bertz CT molecular complexity index is 547. The Morgan fingerprint density at radius 2 is 2.00 bits per heavy atom. The Labute approximate surface area is 108 Å². The molecular formula is C15H19N3. The predicted octanol–water partition coefficient (Wildman–Crippen LogP) is 3.23. The van der Waals surface area contributed by atoms with Crippen LogP contribution in [0.15, 0.2) is 30.6 Å². The number of anilines is 1. The highest BCUT2D eigenvalue weighted by Crippen LogP contribution is 2.24. The molecule has 18 heavy (non-hydrogen) atoms. The van der Waals surface area contributed by atoms with Crippen LogP contribution in [0.1, 0.15) is 25.0 Å². The minimum absolute atomic E-state index is 0.550. The van der Waals surface area contributed by atoms with Gasteiger partial charge in [0.05, 0.1) is 5.69 Å². The summed E-state index contributed by atoms with van der Waals surface area (Å²) in [4.78, 5) is 8.34. The molecule has 94 valence electrons. The van der Waals surface area contributed by atoms with E-state index in [2.05, 4.69) is 48.1 Å². The summed E-state index contributed by atoms with van der Waals surface area (Å²) >= 11 is 0. The van der Waals surface area contributed by atoms with E-state index in [-0.39, 0.29) is 0 Å². The van der Waals surface area contributed by atoms with E-state index in [1.807, 2.05) is 6.92 Å². The Balaban J connectivity index is 2.41. The van der Waals surface area contributed by atoms with E-state index in [0.717, 1.165) is 23.2 Å². The minimum Gasteiger partial charge on any atom is -0.383 e. The Morgan fingerprint density at radius 1 is 1.22 bits per heavy atom. The van der Waals surface area contributed by atoms with Crippen molar-refractivity contribution in [1.82, 2.24) is 9.97 Å². The molecule has 0 amide bonds. The molecule has 3 heteroatoms. The van der Waals surface area contributed by atoms with E-state index in [9.17, 15) is 0 Å². The maximum atomic E-state index is 5.83. The zero-order valence-corrected chi connectivity index (χ0v) is 11.1. The molecule has 0 bridgehead atoms. The molecule has 0 aliphatic rings. The normalized spacial score (nSPS) is 10.9. The maximum Gasteiger partial charge on any atom is 0.130 e. The van der Waals surface area contributed by atoms with E-state index < -0.39 is 0 Å².